The van der Waals surface area contributed by atoms with E-state index in [1.807, 2.05) is 19.1 Å². The Morgan fingerprint density at radius 2 is 2.25 bits per heavy atom. The number of aromatic amines is 1. The summed E-state index contributed by atoms with van der Waals surface area (Å²) in [5.74, 6) is 0.795. The first kappa shape index (κ1) is 12.6. The molecule has 2 heterocycles. The van der Waals surface area contributed by atoms with Crippen LogP contribution in [0.15, 0.2) is 22.0 Å². The summed E-state index contributed by atoms with van der Waals surface area (Å²) in [5.41, 5.74) is 11.9. The van der Waals surface area contributed by atoms with Crippen molar-refractivity contribution in [2.75, 3.05) is 6.54 Å². The number of benzene rings is 1. The molecular weight excluding hydrogens is 256 g/mol. The van der Waals surface area contributed by atoms with Gasteiger partial charge in [0.15, 0.2) is 0 Å². The van der Waals surface area contributed by atoms with Crippen LogP contribution in [-0.2, 0) is 6.42 Å². The molecule has 1 aromatic carbocycles. The zero-order chi connectivity index (χ0) is 14.3. The van der Waals surface area contributed by atoms with Crippen molar-refractivity contribution in [1.82, 2.24) is 4.98 Å². The number of rotatable bonds is 2. The zero-order valence-corrected chi connectivity index (χ0v) is 11.3. The molecule has 6 heteroatoms. The summed E-state index contributed by atoms with van der Waals surface area (Å²) in [7, 11) is 0. The van der Waals surface area contributed by atoms with Crippen molar-refractivity contribution >= 4 is 10.9 Å². The molecule has 0 aliphatic carbocycles. The summed E-state index contributed by atoms with van der Waals surface area (Å²) >= 11 is 0. The molecule has 3 rings (SSSR count). The third-order valence-corrected chi connectivity index (χ3v) is 3.63. The van der Waals surface area contributed by atoms with E-state index in [1.165, 1.54) is 0 Å². The van der Waals surface area contributed by atoms with Gasteiger partial charge in [-0.1, -0.05) is 11.2 Å². The van der Waals surface area contributed by atoms with Gasteiger partial charge in [-0.15, -0.1) is 0 Å². The van der Waals surface area contributed by atoms with Crippen molar-refractivity contribution in [3.05, 3.63) is 49.6 Å². The van der Waals surface area contributed by atoms with E-state index in [2.05, 4.69) is 15.0 Å². The average Bonchev–Trinajstić information content (AvgIpc) is 2.81. The highest BCUT2D eigenvalue weighted by molar-refractivity contribution is 5.90. The molecule has 1 aliphatic rings. The number of H-pyrrole nitrogens is 1. The van der Waals surface area contributed by atoms with Gasteiger partial charge in [0.25, 0.3) is 5.56 Å². The molecule has 0 bridgehead atoms. The lowest BCUT2D eigenvalue weighted by molar-refractivity contribution is 0.244. The Labute approximate surface area is 115 Å². The highest BCUT2D eigenvalue weighted by atomic mass is 16.5. The van der Waals surface area contributed by atoms with Crippen LogP contribution in [0.2, 0.25) is 0 Å². The summed E-state index contributed by atoms with van der Waals surface area (Å²) in [5, 5.41) is 4.49. The van der Waals surface area contributed by atoms with Crippen LogP contribution in [0.3, 0.4) is 0 Å². The molecule has 20 heavy (non-hydrogen) atoms. The molecule has 102 valence electrons. The van der Waals surface area contributed by atoms with Gasteiger partial charge in [-0.25, -0.2) is 0 Å². The lowest BCUT2D eigenvalue weighted by Crippen LogP contribution is -2.16. The molecule has 0 fully saturated rings. The molecule has 0 saturated carbocycles. The minimum atomic E-state index is -0.127. The molecule has 2 aromatic rings. The van der Waals surface area contributed by atoms with E-state index in [4.69, 9.17) is 10.3 Å². The molecular formula is C14H14N4O2. The fraction of sp³-hybridized carbons (Fsp3) is 0.357. The standard InChI is InChI=1S/C14H14N4O2/c1-7-3-9-5-10(6-16-18-15)20-13(9)11-4-8(2)14(19)17-12(7)11/h3-4,10H,5-6H2,1-2H3,(H,17,19). The Hall–Kier alpha value is -2.46. The number of azide groups is 1. The summed E-state index contributed by atoms with van der Waals surface area (Å²) in [4.78, 5) is 17.4. The smallest absolute Gasteiger partial charge is 0.251 e. The second-order valence-electron chi connectivity index (χ2n) is 5.11. The average molecular weight is 270 g/mol. The largest absolute Gasteiger partial charge is 0.489 e. The van der Waals surface area contributed by atoms with E-state index in [0.29, 0.717) is 12.1 Å². The minimum absolute atomic E-state index is 0.0795. The van der Waals surface area contributed by atoms with E-state index in [9.17, 15) is 4.79 Å². The molecule has 0 radical (unpaired) electrons. The van der Waals surface area contributed by atoms with Crippen LogP contribution in [0.4, 0.5) is 0 Å². The molecule has 0 spiro atoms. The first-order chi connectivity index (χ1) is 9.60. The van der Waals surface area contributed by atoms with Crippen LogP contribution in [0.1, 0.15) is 16.7 Å². The quantitative estimate of drug-likeness (QED) is 0.516. The van der Waals surface area contributed by atoms with Crippen LogP contribution in [0.25, 0.3) is 21.3 Å². The summed E-state index contributed by atoms with van der Waals surface area (Å²) in [6.45, 7) is 4.06. The van der Waals surface area contributed by atoms with Crippen molar-refractivity contribution in [2.45, 2.75) is 26.4 Å². The summed E-state index contributed by atoms with van der Waals surface area (Å²) in [6, 6.07) is 3.88. The molecule has 0 amide bonds. The van der Waals surface area contributed by atoms with E-state index < -0.39 is 0 Å². The molecule has 1 aliphatic heterocycles. The van der Waals surface area contributed by atoms with E-state index in [0.717, 1.165) is 34.2 Å². The van der Waals surface area contributed by atoms with E-state index >= 15 is 0 Å². The number of aromatic nitrogens is 1. The predicted molar refractivity (Wildman–Crippen MR) is 76.2 cm³/mol. The second kappa shape index (κ2) is 4.58. The molecule has 0 saturated heterocycles. The van der Waals surface area contributed by atoms with Gasteiger partial charge in [0.05, 0.1) is 12.1 Å². The van der Waals surface area contributed by atoms with Gasteiger partial charge in [0.2, 0.25) is 0 Å². The van der Waals surface area contributed by atoms with Crippen molar-refractivity contribution in [1.29, 1.82) is 0 Å². The first-order valence-electron chi connectivity index (χ1n) is 6.43. The monoisotopic (exact) mass is 270 g/mol. The zero-order valence-electron chi connectivity index (χ0n) is 11.3. The third-order valence-electron chi connectivity index (χ3n) is 3.63. The maximum absolute atomic E-state index is 11.7. The Balaban J connectivity index is 2.16. The van der Waals surface area contributed by atoms with Crippen molar-refractivity contribution in [2.24, 2.45) is 5.11 Å². The maximum Gasteiger partial charge on any atom is 0.251 e. The number of aryl methyl sites for hydroxylation is 2. The number of nitrogens with one attached hydrogen (secondary N) is 1. The fourth-order valence-electron chi connectivity index (χ4n) is 2.67. The predicted octanol–water partition coefficient (Wildman–Crippen LogP) is 2.76. The Morgan fingerprint density at radius 3 is 3.00 bits per heavy atom. The molecule has 6 nitrogen and oxygen atoms in total. The molecule has 1 N–H and O–H groups in total. The van der Waals surface area contributed by atoms with Crippen LogP contribution in [0.5, 0.6) is 5.75 Å². The van der Waals surface area contributed by atoms with Gasteiger partial charge in [-0.2, -0.15) is 0 Å². The van der Waals surface area contributed by atoms with E-state index in [-0.39, 0.29) is 11.7 Å². The van der Waals surface area contributed by atoms with Crippen molar-refractivity contribution in [3.8, 4) is 5.75 Å². The molecule has 1 unspecified atom stereocenters. The molecule has 1 aromatic heterocycles. The topological polar surface area (TPSA) is 90.9 Å². The minimum Gasteiger partial charge on any atom is -0.489 e. The van der Waals surface area contributed by atoms with Crippen molar-refractivity contribution < 1.29 is 4.74 Å². The normalized spacial score (nSPS) is 16.6. The highest BCUT2D eigenvalue weighted by Crippen LogP contribution is 2.37. The van der Waals surface area contributed by atoms with Crippen LogP contribution < -0.4 is 10.3 Å². The van der Waals surface area contributed by atoms with Gasteiger partial charge in [0, 0.05) is 22.3 Å². The highest BCUT2D eigenvalue weighted by Gasteiger charge is 2.25. The van der Waals surface area contributed by atoms with Gasteiger partial charge in [-0.05, 0) is 36.6 Å². The number of hydrogen-bond acceptors (Lipinski definition) is 3. The lowest BCUT2D eigenvalue weighted by Gasteiger charge is -2.10. The summed E-state index contributed by atoms with van der Waals surface area (Å²) < 4.78 is 5.89. The van der Waals surface area contributed by atoms with Gasteiger partial charge < -0.3 is 9.72 Å². The number of pyridine rings is 1. The van der Waals surface area contributed by atoms with Gasteiger partial charge in [-0.3, -0.25) is 4.79 Å². The first-order valence-corrected chi connectivity index (χ1v) is 6.43. The van der Waals surface area contributed by atoms with Crippen molar-refractivity contribution in [3.63, 3.8) is 0 Å². The van der Waals surface area contributed by atoms with Gasteiger partial charge in [0.1, 0.15) is 11.9 Å². The Bertz CT molecular complexity index is 803. The SMILES string of the molecule is Cc1cc2c3c(cc(C)c2[nH]c1=O)CC(CN=[N+]=[N-])O3. The number of fused-ring (bicyclic) bond motifs is 3. The van der Waals surface area contributed by atoms with Gasteiger partial charge >= 0.3 is 0 Å². The van der Waals surface area contributed by atoms with Crippen LogP contribution >= 0.6 is 0 Å². The third kappa shape index (κ3) is 1.90. The Morgan fingerprint density at radius 1 is 1.45 bits per heavy atom. The Kier molecular flexibility index (Phi) is 2.88. The summed E-state index contributed by atoms with van der Waals surface area (Å²) in [6.07, 6.45) is 0.599. The van der Waals surface area contributed by atoms with Crippen LogP contribution in [0, 0.1) is 13.8 Å². The fourth-order valence-corrected chi connectivity index (χ4v) is 2.67. The van der Waals surface area contributed by atoms with Crippen LogP contribution in [-0.4, -0.2) is 17.6 Å². The number of ether oxygens (including phenoxy) is 1. The number of hydrogen-bond donors (Lipinski definition) is 1. The lowest BCUT2D eigenvalue weighted by atomic mass is 10.0. The van der Waals surface area contributed by atoms with E-state index in [1.54, 1.807) is 6.92 Å². The second-order valence-corrected chi connectivity index (χ2v) is 5.11. The number of nitrogens with zero attached hydrogens (tertiary/aromatic N) is 3. The molecule has 1 atom stereocenters. The maximum atomic E-state index is 11.7.